The molecular weight excluding hydrogens is 382 g/mol. The molecule has 1 unspecified atom stereocenters. The molecule has 0 aliphatic carbocycles. The van der Waals surface area contributed by atoms with Crippen molar-refractivity contribution in [3.63, 3.8) is 0 Å². The smallest absolute Gasteiger partial charge is 0.247 e. The Morgan fingerprint density at radius 2 is 1.79 bits per heavy atom. The number of rotatable bonds is 6. The summed E-state index contributed by atoms with van der Waals surface area (Å²) in [6, 6.07) is 18.9. The van der Waals surface area contributed by atoms with Crippen molar-refractivity contribution >= 4 is 23.2 Å². The van der Waals surface area contributed by atoms with E-state index in [2.05, 4.69) is 10.3 Å². The van der Waals surface area contributed by atoms with Crippen molar-refractivity contribution in [3.8, 4) is 11.3 Å². The molecule has 6 heteroatoms. The van der Waals surface area contributed by atoms with Crippen LogP contribution >= 0.6 is 11.3 Å². The number of benzene rings is 2. The zero-order chi connectivity index (χ0) is 20.1. The highest BCUT2D eigenvalue weighted by molar-refractivity contribution is 7.09. The lowest BCUT2D eigenvalue weighted by molar-refractivity contribution is -0.142. The number of carbonyl (C=O) groups is 2. The van der Waals surface area contributed by atoms with E-state index in [1.807, 2.05) is 66.0 Å². The molecule has 1 fully saturated rings. The number of hydrogen-bond donors (Lipinski definition) is 1. The normalized spacial score (nSPS) is 15.2. The molecule has 1 aliphatic rings. The number of piperidine rings is 1. The minimum absolute atomic E-state index is 0.0425. The van der Waals surface area contributed by atoms with Gasteiger partial charge in [0, 0.05) is 23.9 Å². The van der Waals surface area contributed by atoms with Crippen LogP contribution in [0, 0.1) is 0 Å². The van der Waals surface area contributed by atoms with Crippen molar-refractivity contribution in [2.75, 3.05) is 6.54 Å². The fourth-order valence-corrected chi connectivity index (χ4v) is 4.34. The van der Waals surface area contributed by atoms with Gasteiger partial charge in [-0.25, -0.2) is 4.98 Å². The first-order chi connectivity index (χ1) is 14.2. The fourth-order valence-electron chi connectivity index (χ4n) is 3.60. The molecule has 1 saturated heterocycles. The van der Waals surface area contributed by atoms with Crippen molar-refractivity contribution in [1.82, 2.24) is 15.2 Å². The molecule has 1 atom stereocenters. The molecule has 0 radical (unpaired) electrons. The Balaban J connectivity index is 1.48. The molecule has 4 rings (SSSR count). The van der Waals surface area contributed by atoms with Gasteiger partial charge in [-0.2, -0.15) is 0 Å². The molecule has 2 heterocycles. The highest BCUT2D eigenvalue weighted by Crippen LogP contribution is 2.26. The van der Waals surface area contributed by atoms with Crippen molar-refractivity contribution in [3.05, 3.63) is 76.6 Å². The van der Waals surface area contributed by atoms with Gasteiger partial charge >= 0.3 is 0 Å². The Kier molecular flexibility index (Phi) is 6.00. The van der Waals surface area contributed by atoms with Gasteiger partial charge in [-0.15, -0.1) is 11.3 Å². The Morgan fingerprint density at radius 1 is 1.07 bits per heavy atom. The monoisotopic (exact) mass is 405 g/mol. The Labute approximate surface area is 174 Å². The summed E-state index contributed by atoms with van der Waals surface area (Å²) in [5.41, 5.74) is 2.80. The van der Waals surface area contributed by atoms with Crippen molar-refractivity contribution in [2.24, 2.45) is 0 Å². The van der Waals surface area contributed by atoms with Crippen LogP contribution in [0.3, 0.4) is 0 Å². The molecular formula is C23H23N3O2S. The maximum Gasteiger partial charge on any atom is 0.247 e. The molecule has 1 N–H and O–H groups in total. The largest absolute Gasteiger partial charge is 0.347 e. The van der Waals surface area contributed by atoms with Crippen LogP contribution in [0.2, 0.25) is 0 Å². The number of nitrogens with zero attached hydrogens (tertiary/aromatic N) is 2. The molecule has 0 spiro atoms. The molecule has 1 aromatic heterocycles. The lowest BCUT2D eigenvalue weighted by atomic mass is 10.0. The van der Waals surface area contributed by atoms with E-state index in [4.69, 9.17) is 0 Å². The Hall–Kier alpha value is -2.99. The van der Waals surface area contributed by atoms with Gasteiger partial charge in [0.05, 0.1) is 12.2 Å². The Morgan fingerprint density at radius 3 is 2.52 bits per heavy atom. The average Bonchev–Trinajstić information content (AvgIpc) is 3.24. The third-order valence-corrected chi connectivity index (χ3v) is 5.92. The number of carbonyl (C=O) groups excluding carboxylic acids is 2. The minimum Gasteiger partial charge on any atom is -0.347 e. The molecule has 0 bridgehead atoms. The van der Waals surface area contributed by atoms with Crippen LogP contribution in [-0.4, -0.2) is 28.2 Å². The summed E-state index contributed by atoms with van der Waals surface area (Å²) in [7, 11) is 0. The van der Waals surface area contributed by atoms with Crippen LogP contribution in [0.5, 0.6) is 0 Å². The summed E-state index contributed by atoms with van der Waals surface area (Å²) in [4.78, 5) is 31.9. The van der Waals surface area contributed by atoms with Gasteiger partial charge in [0.1, 0.15) is 11.0 Å². The van der Waals surface area contributed by atoms with E-state index in [9.17, 15) is 9.59 Å². The summed E-state index contributed by atoms with van der Waals surface area (Å²) in [5, 5.41) is 5.84. The highest BCUT2D eigenvalue weighted by Gasteiger charge is 2.32. The van der Waals surface area contributed by atoms with Crippen LogP contribution in [0.4, 0.5) is 0 Å². The minimum atomic E-state index is -0.599. The van der Waals surface area contributed by atoms with E-state index in [-0.39, 0.29) is 11.8 Å². The number of hydrogen-bond acceptors (Lipinski definition) is 4. The quantitative estimate of drug-likeness (QED) is 0.669. The second-order valence-corrected chi connectivity index (χ2v) is 8.01. The summed E-state index contributed by atoms with van der Waals surface area (Å²) < 4.78 is 0. The van der Waals surface area contributed by atoms with Crippen LogP contribution < -0.4 is 5.32 Å². The van der Waals surface area contributed by atoms with E-state index in [0.29, 0.717) is 19.5 Å². The van der Waals surface area contributed by atoms with Gasteiger partial charge in [0.2, 0.25) is 11.8 Å². The second kappa shape index (κ2) is 9.01. The van der Waals surface area contributed by atoms with Crippen molar-refractivity contribution < 1.29 is 9.59 Å². The summed E-state index contributed by atoms with van der Waals surface area (Å²) in [5.74, 6) is -0.122. The molecule has 2 amide bonds. The molecule has 0 saturated carbocycles. The second-order valence-electron chi connectivity index (χ2n) is 7.07. The van der Waals surface area contributed by atoms with E-state index < -0.39 is 6.04 Å². The van der Waals surface area contributed by atoms with Crippen molar-refractivity contribution in [1.29, 1.82) is 0 Å². The van der Waals surface area contributed by atoms with Gasteiger partial charge in [-0.3, -0.25) is 9.59 Å². The number of likely N-dealkylation sites (tertiary alicyclic amines) is 1. The third kappa shape index (κ3) is 4.54. The molecule has 5 nitrogen and oxygen atoms in total. The van der Waals surface area contributed by atoms with E-state index in [1.54, 1.807) is 4.90 Å². The number of nitrogens with one attached hydrogen (secondary N) is 1. The van der Waals surface area contributed by atoms with Crippen LogP contribution in [0.15, 0.2) is 66.0 Å². The number of thiazole rings is 1. The summed E-state index contributed by atoms with van der Waals surface area (Å²) in [6.07, 6.45) is 2.32. The molecule has 1 aliphatic heterocycles. The van der Waals surface area contributed by atoms with E-state index in [1.165, 1.54) is 11.3 Å². The number of aromatic nitrogens is 1. The first-order valence-electron chi connectivity index (χ1n) is 9.84. The van der Waals surface area contributed by atoms with Gasteiger partial charge in [-0.05, 0) is 18.4 Å². The first kappa shape index (κ1) is 19.3. The SMILES string of the molecule is O=C(NCc1nc(-c2ccccc2)cs1)C(c1ccccc1)N1CCCCC1=O. The van der Waals surface area contributed by atoms with Crippen LogP contribution in [0.25, 0.3) is 11.3 Å². The topological polar surface area (TPSA) is 62.3 Å². The van der Waals surface area contributed by atoms with Crippen LogP contribution in [-0.2, 0) is 16.1 Å². The van der Waals surface area contributed by atoms with E-state index >= 15 is 0 Å². The lowest BCUT2D eigenvalue weighted by Crippen LogP contribution is -2.45. The standard InChI is InChI=1S/C23H23N3O2S/c27-21-13-7-8-14-26(21)22(18-11-5-2-6-12-18)23(28)24-15-20-25-19(16-29-20)17-9-3-1-4-10-17/h1-6,9-12,16,22H,7-8,13-15H2,(H,24,28). The van der Waals surface area contributed by atoms with Gasteiger partial charge < -0.3 is 10.2 Å². The Bertz CT molecular complexity index is 972. The van der Waals surface area contributed by atoms with Gasteiger partial charge in [0.25, 0.3) is 0 Å². The predicted octanol–water partition coefficient (Wildman–Crippen LogP) is 4.18. The van der Waals surface area contributed by atoms with Crippen LogP contribution in [0.1, 0.15) is 35.9 Å². The lowest BCUT2D eigenvalue weighted by Gasteiger charge is -2.34. The summed E-state index contributed by atoms with van der Waals surface area (Å²) >= 11 is 1.52. The molecule has 29 heavy (non-hydrogen) atoms. The average molecular weight is 406 g/mol. The predicted molar refractivity (Wildman–Crippen MR) is 114 cm³/mol. The number of amides is 2. The maximum absolute atomic E-state index is 13.1. The highest BCUT2D eigenvalue weighted by atomic mass is 32.1. The first-order valence-corrected chi connectivity index (χ1v) is 10.7. The maximum atomic E-state index is 13.1. The van der Waals surface area contributed by atoms with Crippen molar-refractivity contribution in [2.45, 2.75) is 31.8 Å². The fraction of sp³-hybridized carbons (Fsp3) is 0.261. The zero-order valence-corrected chi connectivity index (χ0v) is 16.9. The molecule has 3 aromatic rings. The van der Waals surface area contributed by atoms with Gasteiger partial charge in [-0.1, -0.05) is 60.7 Å². The summed E-state index contributed by atoms with van der Waals surface area (Å²) in [6.45, 7) is 0.961. The zero-order valence-electron chi connectivity index (χ0n) is 16.1. The molecule has 2 aromatic carbocycles. The van der Waals surface area contributed by atoms with Gasteiger partial charge in [0.15, 0.2) is 0 Å². The van der Waals surface area contributed by atoms with E-state index in [0.717, 1.165) is 34.7 Å². The molecule has 148 valence electrons. The third-order valence-electron chi connectivity index (χ3n) is 5.07.